The van der Waals surface area contributed by atoms with E-state index in [1.165, 1.54) is 11.8 Å². The molecule has 3 aromatic rings. The first kappa shape index (κ1) is 20.9. The Balaban J connectivity index is 1.76. The third kappa shape index (κ3) is 4.76. The van der Waals surface area contributed by atoms with Gasteiger partial charge in [-0.1, -0.05) is 55.1 Å². The average Bonchev–Trinajstić information content (AvgIpc) is 3.35. The lowest BCUT2D eigenvalue weighted by molar-refractivity contribution is -0.115. The quantitative estimate of drug-likeness (QED) is 0.417. The van der Waals surface area contributed by atoms with Crippen LogP contribution in [0.3, 0.4) is 0 Å². The van der Waals surface area contributed by atoms with Crippen LogP contribution in [0.4, 0.5) is 5.82 Å². The van der Waals surface area contributed by atoms with E-state index >= 15 is 0 Å². The molecule has 0 saturated carbocycles. The van der Waals surface area contributed by atoms with E-state index in [1.54, 1.807) is 12.3 Å². The number of anilines is 1. The maximum absolute atomic E-state index is 12.8. The number of carbonyl (C=O) groups is 1. The van der Waals surface area contributed by atoms with Crippen molar-refractivity contribution in [3.05, 3.63) is 55.3 Å². The Morgan fingerprint density at radius 3 is 2.69 bits per heavy atom. The Morgan fingerprint density at radius 1 is 1.24 bits per heavy atom. The zero-order chi connectivity index (χ0) is 20.8. The van der Waals surface area contributed by atoms with Crippen LogP contribution in [0, 0.1) is 0 Å². The highest BCUT2D eigenvalue weighted by molar-refractivity contribution is 8.00. The molecule has 0 bridgehead atoms. The van der Waals surface area contributed by atoms with Crippen molar-refractivity contribution in [1.29, 1.82) is 0 Å². The van der Waals surface area contributed by atoms with Crippen LogP contribution in [-0.4, -0.2) is 35.7 Å². The molecule has 0 radical (unpaired) electrons. The summed E-state index contributed by atoms with van der Waals surface area (Å²) in [5, 5.41) is 16.3. The molecule has 1 amide bonds. The Morgan fingerprint density at radius 2 is 2.00 bits per heavy atom. The van der Waals surface area contributed by atoms with Crippen LogP contribution in [0.2, 0.25) is 0 Å². The molecule has 0 aliphatic carbocycles. The topological polar surface area (TPSA) is 77.6 Å². The summed E-state index contributed by atoms with van der Waals surface area (Å²) in [5.74, 6) is 1.36. The molecule has 2 heterocycles. The van der Waals surface area contributed by atoms with E-state index in [0.717, 1.165) is 17.8 Å². The van der Waals surface area contributed by atoms with Crippen molar-refractivity contribution in [2.75, 3.05) is 5.32 Å². The molecule has 0 fully saturated rings. The monoisotopic (exact) mass is 410 g/mol. The van der Waals surface area contributed by atoms with E-state index in [2.05, 4.69) is 41.0 Å². The minimum atomic E-state index is -0.355. The van der Waals surface area contributed by atoms with Crippen molar-refractivity contribution in [1.82, 2.24) is 24.5 Å². The summed E-state index contributed by atoms with van der Waals surface area (Å²) in [4.78, 5) is 12.8. The van der Waals surface area contributed by atoms with Crippen molar-refractivity contribution >= 4 is 23.5 Å². The normalized spacial score (nSPS) is 13.1. The average molecular weight is 411 g/mol. The molecule has 1 aromatic carbocycles. The number of benzene rings is 1. The standard InChI is InChI=1S/C21H26N6OS/c1-5-14-26-19(17-10-8-7-9-11-17)24-25-21(26)29-16(4)20(28)23-18-12-13-22-27(18)15(3)6-2/h5,7-13,15-16H,1,6,14H2,2-4H3,(H,23,28)/t15-,16-/m0/s1. The number of nitrogens with one attached hydrogen (secondary N) is 1. The number of thioether (sulfide) groups is 1. The molecule has 2 aromatic heterocycles. The van der Waals surface area contributed by atoms with E-state index in [-0.39, 0.29) is 17.2 Å². The zero-order valence-electron chi connectivity index (χ0n) is 16.9. The number of amides is 1. The Labute approximate surface area is 175 Å². The maximum Gasteiger partial charge on any atom is 0.238 e. The molecule has 152 valence electrons. The lowest BCUT2D eigenvalue weighted by atomic mass is 10.2. The number of aromatic nitrogens is 5. The summed E-state index contributed by atoms with van der Waals surface area (Å²) in [5.41, 5.74) is 0.975. The van der Waals surface area contributed by atoms with Gasteiger partial charge in [0.15, 0.2) is 11.0 Å². The smallest absolute Gasteiger partial charge is 0.238 e. The molecule has 0 saturated heterocycles. The van der Waals surface area contributed by atoms with Gasteiger partial charge in [0.1, 0.15) is 5.82 Å². The second kappa shape index (κ2) is 9.56. The molecule has 0 spiro atoms. The number of rotatable bonds is 9. The molecule has 2 atom stereocenters. The summed E-state index contributed by atoms with van der Waals surface area (Å²) in [7, 11) is 0. The Bertz CT molecular complexity index is 965. The van der Waals surface area contributed by atoms with E-state index in [9.17, 15) is 4.79 Å². The summed E-state index contributed by atoms with van der Waals surface area (Å²) in [6, 6.07) is 11.9. The highest BCUT2D eigenvalue weighted by atomic mass is 32.2. The number of allylic oxidation sites excluding steroid dienone is 1. The molecule has 0 unspecified atom stereocenters. The van der Waals surface area contributed by atoms with Gasteiger partial charge < -0.3 is 5.32 Å². The second-order valence-corrected chi connectivity index (χ2v) is 8.05. The van der Waals surface area contributed by atoms with Crippen LogP contribution in [0.1, 0.15) is 33.2 Å². The fourth-order valence-corrected chi connectivity index (χ4v) is 3.71. The fourth-order valence-electron chi connectivity index (χ4n) is 2.85. The van der Waals surface area contributed by atoms with Crippen LogP contribution in [0.15, 0.2) is 60.4 Å². The van der Waals surface area contributed by atoms with Crippen LogP contribution in [0.25, 0.3) is 11.4 Å². The molecule has 1 N–H and O–H groups in total. The lowest BCUT2D eigenvalue weighted by Gasteiger charge is -2.16. The zero-order valence-corrected chi connectivity index (χ0v) is 17.8. The van der Waals surface area contributed by atoms with Crippen molar-refractivity contribution in [2.24, 2.45) is 0 Å². The van der Waals surface area contributed by atoms with E-state index in [1.807, 2.05) is 52.6 Å². The van der Waals surface area contributed by atoms with Crippen LogP contribution < -0.4 is 5.32 Å². The van der Waals surface area contributed by atoms with Crippen molar-refractivity contribution in [2.45, 2.75) is 50.2 Å². The van der Waals surface area contributed by atoms with Gasteiger partial charge in [-0.05, 0) is 20.3 Å². The second-order valence-electron chi connectivity index (χ2n) is 6.74. The SMILES string of the molecule is C=CCn1c(S[C@@H](C)C(=O)Nc2ccnn2[C@@H](C)CC)nnc1-c1ccccc1. The van der Waals surface area contributed by atoms with Gasteiger partial charge in [0, 0.05) is 18.2 Å². The van der Waals surface area contributed by atoms with Gasteiger partial charge >= 0.3 is 0 Å². The molecule has 8 heteroatoms. The van der Waals surface area contributed by atoms with Gasteiger partial charge in [-0.15, -0.1) is 16.8 Å². The summed E-state index contributed by atoms with van der Waals surface area (Å²) < 4.78 is 3.81. The van der Waals surface area contributed by atoms with E-state index in [0.29, 0.717) is 17.5 Å². The predicted octanol–water partition coefficient (Wildman–Crippen LogP) is 4.42. The van der Waals surface area contributed by atoms with Crippen molar-refractivity contribution in [3.8, 4) is 11.4 Å². The van der Waals surface area contributed by atoms with E-state index < -0.39 is 0 Å². The third-order valence-electron chi connectivity index (χ3n) is 4.64. The highest BCUT2D eigenvalue weighted by Crippen LogP contribution is 2.27. The van der Waals surface area contributed by atoms with Gasteiger partial charge in [-0.2, -0.15) is 5.10 Å². The molecular formula is C21H26N6OS. The van der Waals surface area contributed by atoms with Crippen LogP contribution in [0.5, 0.6) is 0 Å². The Kier molecular flexibility index (Phi) is 6.87. The van der Waals surface area contributed by atoms with Crippen LogP contribution >= 0.6 is 11.8 Å². The molecule has 7 nitrogen and oxygen atoms in total. The number of hydrogen-bond acceptors (Lipinski definition) is 5. The number of carbonyl (C=O) groups excluding carboxylic acids is 1. The van der Waals surface area contributed by atoms with Gasteiger partial charge in [0.05, 0.1) is 17.5 Å². The first-order valence-corrected chi connectivity index (χ1v) is 10.5. The lowest BCUT2D eigenvalue weighted by Crippen LogP contribution is -2.25. The molecular weight excluding hydrogens is 384 g/mol. The molecule has 3 rings (SSSR count). The molecule has 0 aliphatic rings. The number of nitrogens with zero attached hydrogens (tertiary/aromatic N) is 5. The molecule has 0 aliphatic heterocycles. The Hall–Kier alpha value is -2.87. The summed E-state index contributed by atoms with van der Waals surface area (Å²) >= 11 is 1.38. The van der Waals surface area contributed by atoms with Gasteiger partial charge in [-0.25, -0.2) is 4.68 Å². The summed E-state index contributed by atoms with van der Waals surface area (Å²) in [6.07, 6.45) is 4.43. The maximum atomic E-state index is 12.8. The number of hydrogen-bond donors (Lipinski definition) is 1. The van der Waals surface area contributed by atoms with Gasteiger partial charge in [-0.3, -0.25) is 9.36 Å². The highest BCUT2D eigenvalue weighted by Gasteiger charge is 2.22. The van der Waals surface area contributed by atoms with Crippen molar-refractivity contribution in [3.63, 3.8) is 0 Å². The van der Waals surface area contributed by atoms with Crippen LogP contribution in [-0.2, 0) is 11.3 Å². The minimum absolute atomic E-state index is 0.102. The predicted molar refractivity (Wildman–Crippen MR) is 117 cm³/mol. The van der Waals surface area contributed by atoms with Gasteiger partial charge in [0.2, 0.25) is 5.91 Å². The first-order valence-electron chi connectivity index (χ1n) is 9.65. The third-order valence-corrected chi connectivity index (χ3v) is 5.72. The fraction of sp³-hybridized carbons (Fsp3) is 0.333. The first-order chi connectivity index (χ1) is 14.0. The van der Waals surface area contributed by atoms with Gasteiger partial charge in [0.25, 0.3) is 0 Å². The molecule has 29 heavy (non-hydrogen) atoms. The van der Waals surface area contributed by atoms with E-state index in [4.69, 9.17) is 0 Å². The largest absolute Gasteiger partial charge is 0.310 e. The minimum Gasteiger partial charge on any atom is -0.310 e. The summed E-state index contributed by atoms with van der Waals surface area (Å²) in [6.45, 7) is 10.4. The van der Waals surface area contributed by atoms with Crippen molar-refractivity contribution < 1.29 is 4.79 Å².